The van der Waals surface area contributed by atoms with Gasteiger partial charge in [-0.1, -0.05) is 42.5 Å². The van der Waals surface area contributed by atoms with Crippen molar-refractivity contribution in [2.24, 2.45) is 5.73 Å². The van der Waals surface area contributed by atoms with E-state index in [0.717, 1.165) is 11.1 Å². The molecule has 0 saturated carbocycles. The molecule has 3 aromatic carbocycles. The number of benzene rings is 3. The normalized spacial score (nSPS) is 10.7. The summed E-state index contributed by atoms with van der Waals surface area (Å²) in [5.41, 5.74) is 8.54. The third-order valence-corrected chi connectivity index (χ3v) is 4.76. The number of ether oxygens (including phenoxy) is 1. The average molecular weight is 400 g/mol. The first-order chi connectivity index (χ1) is 14.6. The molecule has 4 aromatic rings. The summed E-state index contributed by atoms with van der Waals surface area (Å²) in [6.45, 7) is 0.423. The fraction of sp³-hybridized carbons (Fsp3) is 0.0870. The number of primary amides is 1. The summed E-state index contributed by atoms with van der Waals surface area (Å²) in [5.74, 6) is -0.318. The van der Waals surface area contributed by atoms with E-state index in [1.54, 1.807) is 22.9 Å². The molecular weight excluding hydrogens is 380 g/mol. The van der Waals surface area contributed by atoms with Crippen molar-refractivity contribution in [3.63, 3.8) is 0 Å². The molecular formula is C23H20N4O3. The van der Waals surface area contributed by atoms with Crippen LogP contribution < -0.4 is 15.8 Å². The first kappa shape index (κ1) is 19.2. The predicted octanol–water partition coefficient (Wildman–Crippen LogP) is 3.44. The number of nitrogens with two attached hydrogens (primary N) is 1. The molecule has 7 heteroatoms. The van der Waals surface area contributed by atoms with Crippen molar-refractivity contribution in [2.45, 2.75) is 6.54 Å². The zero-order valence-corrected chi connectivity index (χ0v) is 16.3. The number of methoxy groups -OCH3 is 1. The van der Waals surface area contributed by atoms with E-state index in [4.69, 9.17) is 10.5 Å². The lowest BCUT2D eigenvalue weighted by atomic mass is 10.1. The van der Waals surface area contributed by atoms with E-state index in [1.807, 2.05) is 54.6 Å². The molecule has 1 heterocycles. The lowest BCUT2D eigenvalue weighted by molar-refractivity contribution is 0.0993. The Balaban J connectivity index is 1.60. The Kier molecular flexibility index (Phi) is 5.17. The van der Waals surface area contributed by atoms with E-state index in [0.29, 0.717) is 28.9 Å². The van der Waals surface area contributed by atoms with Gasteiger partial charge in [-0.05, 0) is 35.9 Å². The summed E-state index contributed by atoms with van der Waals surface area (Å²) < 4.78 is 6.99. The van der Waals surface area contributed by atoms with Gasteiger partial charge in [-0.15, -0.1) is 0 Å². The second-order valence-electron chi connectivity index (χ2n) is 6.74. The summed E-state index contributed by atoms with van der Waals surface area (Å²) in [7, 11) is 1.53. The molecule has 3 N–H and O–H groups in total. The Morgan fingerprint density at radius 3 is 2.60 bits per heavy atom. The van der Waals surface area contributed by atoms with Crippen molar-refractivity contribution in [3.05, 3.63) is 89.6 Å². The summed E-state index contributed by atoms with van der Waals surface area (Å²) in [4.78, 5) is 24.4. The van der Waals surface area contributed by atoms with Crippen molar-refractivity contribution in [2.75, 3.05) is 12.4 Å². The van der Waals surface area contributed by atoms with Gasteiger partial charge in [0.1, 0.15) is 5.75 Å². The third-order valence-electron chi connectivity index (χ3n) is 4.76. The number of nitrogens with one attached hydrogen (secondary N) is 1. The van der Waals surface area contributed by atoms with Gasteiger partial charge < -0.3 is 15.8 Å². The van der Waals surface area contributed by atoms with E-state index in [2.05, 4.69) is 10.4 Å². The molecule has 0 aliphatic carbocycles. The van der Waals surface area contributed by atoms with Crippen molar-refractivity contribution in [1.82, 2.24) is 9.78 Å². The van der Waals surface area contributed by atoms with E-state index in [-0.39, 0.29) is 11.6 Å². The highest BCUT2D eigenvalue weighted by atomic mass is 16.5. The van der Waals surface area contributed by atoms with Crippen LogP contribution in [0.2, 0.25) is 0 Å². The van der Waals surface area contributed by atoms with Crippen LogP contribution >= 0.6 is 0 Å². The summed E-state index contributed by atoms with van der Waals surface area (Å²) in [6.07, 6.45) is 0. The van der Waals surface area contributed by atoms with Gasteiger partial charge in [0.05, 0.1) is 24.7 Å². The maximum absolute atomic E-state index is 12.7. The molecule has 0 aliphatic rings. The maximum atomic E-state index is 12.7. The van der Waals surface area contributed by atoms with Crippen molar-refractivity contribution < 1.29 is 14.3 Å². The number of fused-ring (bicyclic) bond motifs is 1. The predicted molar refractivity (Wildman–Crippen MR) is 115 cm³/mol. The van der Waals surface area contributed by atoms with Gasteiger partial charge in [-0.3, -0.25) is 14.3 Å². The SMILES string of the molecule is COc1ccccc1C(=O)Nc1cccc(Cn2nc(C(N)=O)c3ccccc32)c1. The minimum absolute atomic E-state index is 0.242. The van der Waals surface area contributed by atoms with Crippen LogP contribution in [0, 0.1) is 0 Å². The largest absolute Gasteiger partial charge is 0.496 e. The van der Waals surface area contributed by atoms with Gasteiger partial charge in [-0.2, -0.15) is 5.10 Å². The highest BCUT2D eigenvalue weighted by Crippen LogP contribution is 2.22. The Labute approximate surface area is 173 Å². The van der Waals surface area contributed by atoms with Crippen LogP contribution in [0.4, 0.5) is 5.69 Å². The van der Waals surface area contributed by atoms with Gasteiger partial charge in [0, 0.05) is 11.1 Å². The Bertz CT molecular complexity index is 1250. The Morgan fingerprint density at radius 2 is 1.80 bits per heavy atom. The van der Waals surface area contributed by atoms with Crippen LogP contribution in [0.25, 0.3) is 10.9 Å². The molecule has 0 aliphatic heterocycles. The Hall–Kier alpha value is -4.13. The molecule has 7 nitrogen and oxygen atoms in total. The number of hydrogen-bond donors (Lipinski definition) is 2. The van der Waals surface area contributed by atoms with Gasteiger partial charge in [0.2, 0.25) is 0 Å². The van der Waals surface area contributed by atoms with Crippen molar-refractivity contribution in [1.29, 1.82) is 0 Å². The van der Waals surface area contributed by atoms with Crippen LogP contribution in [0.3, 0.4) is 0 Å². The minimum atomic E-state index is -0.567. The lowest BCUT2D eigenvalue weighted by Gasteiger charge is -2.10. The number of nitrogens with zero attached hydrogens (tertiary/aromatic N) is 2. The monoisotopic (exact) mass is 400 g/mol. The Morgan fingerprint density at radius 1 is 1.03 bits per heavy atom. The van der Waals surface area contributed by atoms with Gasteiger partial charge in [0.25, 0.3) is 11.8 Å². The van der Waals surface area contributed by atoms with Gasteiger partial charge in [-0.25, -0.2) is 0 Å². The van der Waals surface area contributed by atoms with E-state index in [1.165, 1.54) is 7.11 Å². The molecule has 150 valence electrons. The van der Waals surface area contributed by atoms with Gasteiger partial charge >= 0.3 is 0 Å². The number of carbonyl (C=O) groups is 2. The number of rotatable bonds is 6. The first-order valence-corrected chi connectivity index (χ1v) is 9.35. The van der Waals surface area contributed by atoms with Crippen LogP contribution in [0.1, 0.15) is 26.4 Å². The number of para-hydroxylation sites is 2. The standard InChI is InChI=1S/C23H20N4O3/c1-30-20-12-5-3-10-18(20)23(29)25-16-8-6-7-15(13-16)14-27-19-11-4-2-9-17(19)21(26-27)22(24)28/h2-13H,14H2,1H3,(H2,24,28)(H,25,29). The summed E-state index contributed by atoms with van der Waals surface area (Å²) >= 11 is 0. The number of amides is 2. The highest BCUT2D eigenvalue weighted by Gasteiger charge is 2.15. The molecule has 0 spiro atoms. The zero-order chi connectivity index (χ0) is 21.1. The average Bonchev–Trinajstić information content (AvgIpc) is 3.13. The first-order valence-electron chi connectivity index (χ1n) is 9.35. The van der Waals surface area contributed by atoms with Crippen LogP contribution in [-0.2, 0) is 6.54 Å². The quantitative estimate of drug-likeness (QED) is 0.518. The molecule has 2 amide bonds. The fourth-order valence-corrected chi connectivity index (χ4v) is 3.38. The van der Waals surface area contributed by atoms with Gasteiger partial charge in [0.15, 0.2) is 5.69 Å². The molecule has 0 atom stereocenters. The fourth-order valence-electron chi connectivity index (χ4n) is 3.38. The second kappa shape index (κ2) is 8.08. The number of aromatic nitrogens is 2. The van der Waals surface area contributed by atoms with Crippen LogP contribution in [0.5, 0.6) is 5.75 Å². The highest BCUT2D eigenvalue weighted by molar-refractivity contribution is 6.06. The smallest absolute Gasteiger partial charge is 0.269 e. The molecule has 0 radical (unpaired) electrons. The lowest BCUT2D eigenvalue weighted by Crippen LogP contribution is -2.14. The van der Waals surface area contributed by atoms with Crippen molar-refractivity contribution in [3.8, 4) is 5.75 Å². The minimum Gasteiger partial charge on any atom is -0.496 e. The van der Waals surface area contributed by atoms with Crippen LogP contribution in [0.15, 0.2) is 72.8 Å². The molecule has 0 fully saturated rings. The zero-order valence-electron chi connectivity index (χ0n) is 16.3. The molecule has 1 aromatic heterocycles. The van der Waals surface area contributed by atoms with Crippen molar-refractivity contribution >= 4 is 28.4 Å². The summed E-state index contributed by atoms with van der Waals surface area (Å²) in [6, 6.07) is 21.9. The number of hydrogen-bond acceptors (Lipinski definition) is 4. The molecule has 30 heavy (non-hydrogen) atoms. The second-order valence-corrected chi connectivity index (χ2v) is 6.74. The van der Waals surface area contributed by atoms with E-state index >= 15 is 0 Å². The third kappa shape index (κ3) is 3.73. The number of carbonyl (C=O) groups excluding carboxylic acids is 2. The molecule has 4 rings (SSSR count). The molecule has 0 bridgehead atoms. The van der Waals surface area contributed by atoms with E-state index < -0.39 is 5.91 Å². The molecule has 0 unspecified atom stereocenters. The molecule has 0 saturated heterocycles. The summed E-state index contributed by atoms with van der Waals surface area (Å²) in [5, 5.41) is 7.99. The topological polar surface area (TPSA) is 99.2 Å². The van der Waals surface area contributed by atoms with E-state index in [9.17, 15) is 9.59 Å². The maximum Gasteiger partial charge on any atom is 0.269 e. The number of anilines is 1. The van der Waals surface area contributed by atoms with Crippen LogP contribution in [-0.4, -0.2) is 28.7 Å².